The van der Waals surface area contributed by atoms with Crippen LogP contribution in [-0.2, 0) is 19.8 Å². The molecule has 93 heavy (non-hydrogen) atoms. The van der Waals surface area contributed by atoms with E-state index in [-0.39, 0.29) is 28.0 Å². The molecule has 12 rings (SSSR count). The van der Waals surface area contributed by atoms with Crippen LogP contribution in [0.25, 0.3) is 90.9 Å². The Morgan fingerprint density at radius 2 is 0.688 bits per heavy atom. The first-order valence-corrected chi connectivity index (χ1v) is 28.7. The Bertz CT molecular complexity index is 4910. The molecule has 0 amide bonds. The fourth-order valence-corrected chi connectivity index (χ4v) is 11.5. The van der Waals surface area contributed by atoms with Gasteiger partial charge in [-0.25, -0.2) is 75.8 Å². The quantitative estimate of drug-likeness (QED) is 0.0395. The van der Waals surface area contributed by atoms with Gasteiger partial charge in [0.25, 0.3) is 0 Å². The zero-order valence-corrected chi connectivity index (χ0v) is 50.1. The van der Waals surface area contributed by atoms with Gasteiger partial charge >= 0.3 is 0 Å². The maximum Gasteiger partial charge on any atom is 0.200 e. The predicted octanol–water partition coefficient (Wildman–Crippen LogP) is 19.7. The molecular weight excluding hydrogens is 1360 g/mol. The van der Waals surface area contributed by atoms with Gasteiger partial charge in [0.1, 0.15) is 37.1 Å². The van der Waals surface area contributed by atoms with Crippen LogP contribution < -0.4 is 14.2 Å². The van der Waals surface area contributed by atoms with E-state index < -0.39 is 147 Å². The number of aromatic amines is 2. The number of halogens is 16. The molecule has 7 nitrogen and oxygen atoms in total. The van der Waals surface area contributed by atoms with Gasteiger partial charge < -0.3 is 24.2 Å². The van der Waals surface area contributed by atoms with Crippen LogP contribution in [0.5, 0.6) is 17.2 Å². The number of ether oxygens (including phenoxy) is 3. The van der Waals surface area contributed by atoms with Crippen molar-refractivity contribution in [2.75, 3.05) is 0 Å². The number of terminal acetylenes is 1. The Morgan fingerprint density at radius 3 is 1.05 bits per heavy atom. The molecule has 2 aliphatic rings. The van der Waals surface area contributed by atoms with Crippen LogP contribution >= 0.6 is 22.6 Å². The molecule has 5 heterocycles. The first kappa shape index (κ1) is 63.0. The van der Waals surface area contributed by atoms with E-state index in [4.69, 9.17) is 30.6 Å². The van der Waals surface area contributed by atoms with E-state index in [1.165, 1.54) is 12.1 Å². The molecule has 0 fully saturated rings. The molecule has 0 spiro atoms. The van der Waals surface area contributed by atoms with E-state index in [9.17, 15) is 39.5 Å². The van der Waals surface area contributed by atoms with Crippen LogP contribution in [0.2, 0.25) is 0 Å². The third-order valence-electron chi connectivity index (χ3n) is 15.5. The fourth-order valence-electron chi connectivity index (χ4n) is 11.2. The highest BCUT2D eigenvalue weighted by molar-refractivity contribution is 14.1. The molecule has 0 aliphatic carbocycles. The zero-order chi connectivity index (χ0) is 66.2. The number of nitrogens with zero attached hydrogens (tertiary/aromatic N) is 2. The van der Waals surface area contributed by atoms with Gasteiger partial charge in [0.05, 0.1) is 45.0 Å². The van der Waals surface area contributed by atoms with Crippen LogP contribution in [0.15, 0.2) is 97.1 Å². The van der Waals surface area contributed by atoms with E-state index in [2.05, 4.69) is 38.5 Å². The number of nitrogens with one attached hydrogen (secondary N) is 2. The van der Waals surface area contributed by atoms with Gasteiger partial charge in [-0.3, -0.25) is 0 Å². The lowest BCUT2D eigenvalue weighted by atomic mass is 9.92. The summed E-state index contributed by atoms with van der Waals surface area (Å²) in [5, 5.41) is 0. The molecule has 0 unspecified atom stereocenters. The number of H-pyrrole nitrogens is 2. The highest BCUT2D eigenvalue weighted by atomic mass is 127. The molecule has 0 radical (unpaired) electrons. The number of fused-ring (bicyclic) bond motifs is 8. The molecule has 2 N–H and O–H groups in total. The maximum absolute atomic E-state index is 15.7. The number of benzene rings is 7. The normalized spacial score (nSPS) is 11.8. The van der Waals surface area contributed by atoms with Gasteiger partial charge in [-0.2, -0.15) is 0 Å². The molecule has 0 saturated carbocycles. The predicted molar refractivity (Wildman–Crippen MR) is 327 cm³/mol. The largest absolute Gasteiger partial charge is 0.488 e. The van der Waals surface area contributed by atoms with Gasteiger partial charge in [0, 0.05) is 65.6 Å². The number of rotatable bonds is 13. The minimum atomic E-state index is -2.56. The fraction of sp³-hybridized carbons (Fsp3) is 0.0857. The summed E-state index contributed by atoms with van der Waals surface area (Å²) < 4.78 is 244. The molecule has 468 valence electrons. The van der Waals surface area contributed by atoms with E-state index in [1.807, 2.05) is 75.4 Å². The van der Waals surface area contributed by atoms with Crippen LogP contribution in [0.4, 0.5) is 65.9 Å². The monoisotopic (exact) mass is 1390 g/mol. The highest BCUT2D eigenvalue weighted by Crippen LogP contribution is 2.48. The second-order valence-electron chi connectivity index (χ2n) is 21.3. The Balaban J connectivity index is 1.23. The summed E-state index contributed by atoms with van der Waals surface area (Å²) >= 11 is 2.12. The second kappa shape index (κ2) is 24.8. The summed E-state index contributed by atoms with van der Waals surface area (Å²) in [5.41, 5.74) is 3.46. The van der Waals surface area contributed by atoms with E-state index >= 15 is 26.3 Å². The summed E-state index contributed by atoms with van der Waals surface area (Å²) in [7, 11) is 0. The van der Waals surface area contributed by atoms with Crippen molar-refractivity contribution in [1.29, 1.82) is 0 Å². The molecule has 3 aromatic heterocycles. The molecule has 23 heteroatoms. The Morgan fingerprint density at radius 1 is 0.376 bits per heavy atom. The molecular formula is C70H38F15IN4O3. The smallest absolute Gasteiger partial charge is 0.200 e. The number of hydrogen-bond acceptors (Lipinski definition) is 5. The van der Waals surface area contributed by atoms with Gasteiger partial charge in [-0.05, 0) is 144 Å². The van der Waals surface area contributed by atoms with Crippen molar-refractivity contribution in [3.63, 3.8) is 0 Å². The van der Waals surface area contributed by atoms with Crippen LogP contribution in [0.3, 0.4) is 0 Å². The molecule has 0 atom stereocenters. The number of hydrogen-bond donors (Lipinski definition) is 2. The Hall–Kier alpha value is -10.2. The standard InChI is InChI=1S/C70H38F15IN4O3/c1-5-32-6-8-33(9-7-32)51-40-14-18-44(87-40)53(50-30(3)22-29(2)23-31(50)4)45-19-15-42(88-45)52(34-10-12-35(86)13-11-34)43-17-21-47(90-43)54(46-20-16-41(51)89-46)55-48(92-27-38-58(73)64(79)69(84)65(80)59(38)74)24-36(91-26-37-56(71)62(77)68(83)63(78)57(37)72)25-49(55)93-28-39-60(75)66(81)70(85)67(82)61(39)76/h1,6-25,88-89H,26-28H2,2-4H3. The molecule has 2 aliphatic heterocycles. The lowest BCUT2D eigenvalue weighted by Gasteiger charge is -2.20. The summed E-state index contributed by atoms with van der Waals surface area (Å²) in [4.78, 5) is 17.4. The summed E-state index contributed by atoms with van der Waals surface area (Å²) in [6, 6.07) is 26.3. The summed E-state index contributed by atoms with van der Waals surface area (Å²) in [6.45, 7) is 1.13. The van der Waals surface area contributed by atoms with Crippen molar-refractivity contribution in [2.24, 2.45) is 0 Å². The van der Waals surface area contributed by atoms with Gasteiger partial charge in [-0.15, -0.1) is 6.42 Å². The van der Waals surface area contributed by atoms with Crippen LogP contribution in [-0.4, -0.2) is 19.9 Å². The molecule has 7 aromatic carbocycles. The third-order valence-corrected chi connectivity index (χ3v) is 16.2. The summed E-state index contributed by atoms with van der Waals surface area (Å²) in [5.74, 6) is -36.5. The molecule has 0 saturated heterocycles. The van der Waals surface area contributed by atoms with E-state index in [0.717, 1.165) is 38.0 Å². The van der Waals surface area contributed by atoms with Crippen molar-refractivity contribution in [3.8, 4) is 74.1 Å². The van der Waals surface area contributed by atoms with E-state index in [1.54, 1.807) is 42.5 Å². The van der Waals surface area contributed by atoms with Gasteiger partial charge in [-0.1, -0.05) is 47.9 Å². The van der Waals surface area contributed by atoms with Crippen molar-refractivity contribution < 1.29 is 80.1 Å². The molecule has 8 bridgehead atoms. The highest BCUT2D eigenvalue weighted by Gasteiger charge is 2.32. The van der Waals surface area contributed by atoms with Crippen LogP contribution in [0.1, 0.15) is 61.7 Å². The van der Waals surface area contributed by atoms with Crippen molar-refractivity contribution in [2.45, 2.75) is 40.6 Å². The number of aromatic nitrogens is 4. The Kier molecular flexibility index (Phi) is 16.8. The SMILES string of the molecule is C#Cc1ccc(-c2c3nc(c(-c4c(C)cc(C)cc4C)c4ccc([nH]4)c(-c4ccc(I)cc4)c4nc(c(-c5c(OCc6c(F)c(F)c(F)c(F)c6F)cc(OCc6c(F)c(F)c(F)c(F)c6F)cc5OCc5c(F)c(F)c(F)c(F)c5F)c5ccc2[nH]5)C=C4)C=C3)cc1. The topological polar surface area (TPSA) is 85.1 Å². The average molecular weight is 1390 g/mol. The first-order valence-electron chi connectivity index (χ1n) is 27.6. The minimum absolute atomic E-state index is 0.0559. The minimum Gasteiger partial charge on any atom is -0.488 e. The third kappa shape index (κ3) is 11.3. The van der Waals surface area contributed by atoms with Crippen molar-refractivity contribution >= 4 is 69.0 Å². The van der Waals surface area contributed by atoms with Crippen LogP contribution in [0, 0.1) is 124 Å². The maximum atomic E-state index is 15.7. The van der Waals surface area contributed by atoms with Gasteiger partial charge in [0.2, 0.25) is 17.5 Å². The summed E-state index contributed by atoms with van der Waals surface area (Å²) in [6.07, 6.45) is 12.4. The average Bonchev–Trinajstić information content (AvgIpc) is 1.74. The lowest BCUT2D eigenvalue weighted by Crippen LogP contribution is -2.12. The molecule has 10 aromatic rings. The number of aryl methyl sites for hydroxylation is 3. The lowest BCUT2D eigenvalue weighted by molar-refractivity contribution is 0.256. The van der Waals surface area contributed by atoms with E-state index in [0.29, 0.717) is 55.8 Å². The zero-order valence-electron chi connectivity index (χ0n) is 47.9. The van der Waals surface area contributed by atoms with Crippen molar-refractivity contribution in [1.82, 2.24) is 19.9 Å². The van der Waals surface area contributed by atoms with Crippen molar-refractivity contribution in [3.05, 3.63) is 250 Å². The second-order valence-corrected chi connectivity index (χ2v) is 22.6. The Labute approximate surface area is 530 Å². The van der Waals surface area contributed by atoms with Gasteiger partial charge in [0.15, 0.2) is 69.8 Å². The first-order chi connectivity index (χ1) is 44.4.